The van der Waals surface area contributed by atoms with E-state index >= 15 is 0 Å². The Bertz CT molecular complexity index is 352. The Labute approximate surface area is 85.1 Å². The first-order chi connectivity index (χ1) is 6.97. The number of hydrogen-bond acceptors (Lipinski definition) is 2. The van der Waals surface area contributed by atoms with Crippen molar-refractivity contribution < 1.29 is 13.2 Å². The Morgan fingerprint density at radius 2 is 2.07 bits per heavy atom. The third-order valence-corrected chi connectivity index (χ3v) is 2.55. The van der Waals surface area contributed by atoms with E-state index in [0.29, 0.717) is 18.2 Å². The number of H-pyrrole nitrogens is 1. The lowest BCUT2D eigenvalue weighted by molar-refractivity contribution is -0.141. The van der Waals surface area contributed by atoms with E-state index in [0.717, 1.165) is 13.1 Å². The number of hydrogen-bond donors (Lipinski definition) is 2. The molecule has 2 rings (SSSR count). The minimum Gasteiger partial charge on any atom is -0.346 e. The van der Waals surface area contributed by atoms with Crippen LogP contribution in [0.1, 0.15) is 17.2 Å². The Morgan fingerprint density at radius 3 is 2.47 bits per heavy atom. The Hall–Kier alpha value is -1.04. The topological polar surface area (TPSA) is 40.7 Å². The standard InChI is InChI=1S/C9H12F3N3/c1-5-8(9(10,11)12)15-7(14-5)2-6-3-13-4-6/h6,13H,2-4H2,1H3,(H,14,15). The smallest absolute Gasteiger partial charge is 0.346 e. The Morgan fingerprint density at radius 1 is 1.40 bits per heavy atom. The average Bonchev–Trinajstić information content (AvgIpc) is 2.38. The number of aromatic nitrogens is 2. The summed E-state index contributed by atoms with van der Waals surface area (Å²) in [5.41, 5.74) is -0.686. The highest BCUT2D eigenvalue weighted by molar-refractivity contribution is 5.16. The largest absolute Gasteiger partial charge is 0.435 e. The summed E-state index contributed by atoms with van der Waals surface area (Å²) in [4.78, 5) is 6.29. The summed E-state index contributed by atoms with van der Waals surface area (Å²) in [6.45, 7) is 3.13. The molecule has 84 valence electrons. The van der Waals surface area contributed by atoms with Crippen LogP contribution in [-0.2, 0) is 12.6 Å². The van der Waals surface area contributed by atoms with E-state index in [1.54, 1.807) is 0 Å². The van der Waals surface area contributed by atoms with Gasteiger partial charge < -0.3 is 10.3 Å². The van der Waals surface area contributed by atoms with Crippen LogP contribution in [0, 0.1) is 12.8 Å². The van der Waals surface area contributed by atoms with Crippen LogP contribution in [0.3, 0.4) is 0 Å². The van der Waals surface area contributed by atoms with Crippen LogP contribution in [0.2, 0.25) is 0 Å². The fourth-order valence-corrected chi connectivity index (χ4v) is 1.66. The average molecular weight is 219 g/mol. The molecule has 1 aromatic rings. The van der Waals surface area contributed by atoms with Gasteiger partial charge in [-0.1, -0.05) is 0 Å². The Balaban J connectivity index is 2.13. The summed E-state index contributed by atoms with van der Waals surface area (Å²) in [7, 11) is 0. The van der Waals surface area contributed by atoms with Crippen LogP contribution in [0.25, 0.3) is 0 Å². The molecule has 15 heavy (non-hydrogen) atoms. The molecule has 3 nitrogen and oxygen atoms in total. The zero-order chi connectivity index (χ0) is 11.1. The van der Waals surface area contributed by atoms with Gasteiger partial charge in [-0.25, -0.2) is 4.98 Å². The van der Waals surface area contributed by atoms with E-state index < -0.39 is 11.9 Å². The maximum Gasteiger partial charge on any atom is 0.435 e. The predicted octanol–water partition coefficient (Wildman–Crippen LogP) is 1.50. The Kier molecular flexibility index (Phi) is 2.46. The molecule has 1 aromatic heterocycles. The first kappa shape index (κ1) is 10.5. The molecule has 0 bridgehead atoms. The van der Waals surface area contributed by atoms with E-state index in [1.165, 1.54) is 6.92 Å². The molecule has 0 radical (unpaired) electrons. The third-order valence-electron chi connectivity index (χ3n) is 2.55. The highest BCUT2D eigenvalue weighted by atomic mass is 19.4. The van der Waals surface area contributed by atoms with Gasteiger partial charge in [0.25, 0.3) is 0 Å². The van der Waals surface area contributed by atoms with E-state index in [9.17, 15) is 13.2 Å². The van der Waals surface area contributed by atoms with Crippen LogP contribution >= 0.6 is 0 Å². The molecule has 1 aliphatic heterocycles. The van der Waals surface area contributed by atoms with Crippen molar-refractivity contribution in [3.05, 3.63) is 17.2 Å². The summed E-state index contributed by atoms with van der Waals surface area (Å²) in [5, 5.41) is 3.07. The van der Waals surface area contributed by atoms with Crippen molar-refractivity contribution in [2.24, 2.45) is 5.92 Å². The molecular formula is C9H12F3N3. The van der Waals surface area contributed by atoms with Crippen molar-refractivity contribution in [3.8, 4) is 0 Å². The maximum atomic E-state index is 12.4. The van der Waals surface area contributed by atoms with Crippen LogP contribution in [0.5, 0.6) is 0 Å². The second kappa shape index (κ2) is 3.52. The number of halogens is 3. The lowest BCUT2D eigenvalue weighted by atomic mass is 9.99. The van der Waals surface area contributed by atoms with Gasteiger partial charge in [0, 0.05) is 12.1 Å². The molecule has 0 atom stereocenters. The highest BCUT2D eigenvalue weighted by Crippen LogP contribution is 2.30. The predicted molar refractivity (Wildman–Crippen MR) is 48.4 cm³/mol. The van der Waals surface area contributed by atoms with Crippen LogP contribution < -0.4 is 5.32 Å². The quantitative estimate of drug-likeness (QED) is 0.791. The number of nitrogens with zero attached hydrogens (tertiary/aromatic N) is 1. The summed E-state index contributed by atoms with van der Waals surface area (Å²) in [6.07, 6.45) is -3.76. The summed E-state index contributed by atoms with van der Waals surface area (Å²) < 4.78 is 37.2. The van der Waals surface area contributed by atoms with Gasteiger partial charge in [-0.3, -0.25) is 0 Å². The molecule has 6 heteroatoms. The van der Waals surface area contributed by atoms with E-state index in [2.05, 4.69) is 15.3 Å². The molecule has 1 fully saturated rings. The van der Waals surface area contributed by atoms with Crippen molar-refractivity contribution in [3.63, 3.8) is 0 Å². The van der Waals surface area contributed by atoms with Gasteiger partial charge in [0.1, 0.15) is 5.82 Å². The number of imidazole rings is 1. The fourth-order valence-electron chi connectivity index (χ4n) is 1.66. The molecule has 0 saturated carbocycles. The minimum absolute atomic E-state index is 0.102. The molecular weight excluding hydrogens is 207 g/mol. The molecule has 0 aliphatic carbocycles. The summed E-state index contributed by atoms with van der Waals surface area (Å²) >= 11 is 0. The first-order valence-electron chi connectivity index (χ1n) is 4.80. The van der Waals surface area contributed by atoms with E-state index in [-0.39, 0.29) is 5.69 Å². The second-order valence-corrected chi connectivity index (χ2v) is 3.88. The van der Waals surface area contributed by atoms with Gasteiger partial charge in [-0.2, -0.15) is 13.2 Å². The highest BCUT2D eigenvalue weighted by Gasteiger charge is 2.36. The monoisotopic (exact) mass is 219 g/mol. The van der Waals surface area contributed by atoms with Crippen LogP contribution in [0.15, 0.2) is 0 Å². The molecule has 0 unspecified atom stereocenters. The number of rotatable bonds is 2. The van der Waals surface area contributed by atoms with Gasteiger partial charge in [-0.05, 0) is 25.9 Å². The van der Waals surface area contributed by atoms with Crippen molar-refractivity contribution in [1.82, 2.24) is 15.3 Å². The summed E-state index contributed by atoms with van der Waals surface area (Å²) in [5.74, 6) is 0.850. The summed E-state index contributed by atoms with van der Waals surface area (Å²) in [6, 6.07) is 0. The first-order valence-corrected chi connectivity index (χ1v) is 4.80. The number of alkyl halides is 3. The SMILES string of the molecule is Cc1[nH]c(CC2CNC2)nc1C(F)(F)F. The van der Waals surface area contributed by atoms with Gasteiger partial charge in [0.15, 0.2) is 5.69 Å². The van der Waals surface area contributed by atoms with Gasteiger partial charge in [0.2, 0.25) is 0 Å². The minimum atomic E-state index is -4.35. The van der Waals surface area contributed by atoms with Crippen LogP contribution in [0.4, 0.5) is 13.2 Å². The number of aryl methyl sites for hydroxylation is 1. The van der Waals surface area contributed by atoms with Crippen LogP contribution in [-0.4, -0.2) is 23.1 Å². The maximum absolute atomic E-state index is 12.4. The van der Waals surface area contributed by atoms with E-state index in [1.807, 2.05) is 0 Å². The molecule has 2 N–H and O–H groups in total. The molecule has 0 spiro atoms. The molecule has 1 saturated heterocycles. The van der Waals surface area contributed by atoms with Crippen molar-refractivity contribution in [1.29, 1.82) is 0 Å². The number of aromatic amines is 1. The zero-order valence-electron chi connectivity index (χ0n) is 8.28. The molecule has 2 heterocycles. The zero-order valence-corrected chi connectivity index (χ0v) is 8.28. The van der Waals surface area contributed by atoms with Gasteiger partial charge in [-0.15, -0.1) is 0 Å². The lowest BCUT2D eigenvalue weighted by Gasteiger charge is -2.25. The fraction of sp³-hybridized carbons (Fsp3) is 0.667. The van der Waals surface area contributed by atoms with Gasteiger partial charge in [0.05, 0.1) is 0 Å². The van der Waals surface area contributed by atoms with Crippen molar-refractivity contribution in [2.75, 3.05) is 13.1 Å². The third kappa shape index (κ3) is 2.14. The normalized spacial score (nSPS) is 17.9. The molecule has 0 aromatic carbocycles. The second-order valence-electron chi connectivity index (χ2n) is 3.88. The van der Waals surface area contributed by atoms with Gasteiger partial charge >= 0.3 is 6.18 Å². The van der Waals surface area contributed by atoms with Crippen molar-refractivity contribution in [2.45, 2.75) is 19.5 Å². The number of nitrogens with one attached hydrogen (secondary N) is 2. The molecule has 1 aliphatic rings. The van der Waals surface area contributed by atoms with E-state index in [4.69, 9.17) is 0 Å². The lowest BCUT2D eigenvalue weighted by Crippen LogP contribution is -2.43. The van der Waals surface area contributed by atoms with Crippen molar-refractivity contribution >= 4 is 0 Å². The molecule has 0 amide bonds.